The Hall–Kier alpha value is -4.15. The van der Waals surface area contributed by atoms with E-state index in [4.69, 9.17) is 14.0 Å². The fourth-order valence-electron chi connectivity index (χ4n) is 2.90. The van der Waals surface area contributed by atoms with Gasteiger partial charge in [-0.2, -0.15) is 23.3 Å². The second-order valence-electron chi connectivity index (χ2n) is 6.72. The minimum atomic E-state index is -4.43. The van der Waals surface area contributed by atoms with E-state index in [2.05, 4.69) is 15.2 Å². The van der Waals surface area contributed by atoms with Gasteiger partial charge in [0.1, 0.15) is 0 Å². The number of benzene rings is 2. The number of carbonyl (C=O) groups excluding carboxylic acids is 1. The largest absolute Gasteiger partial charge is 0.479 e. The number of nitrogens with zero attached hydrogens (tertiary/aromatic N) is 4. The number of alkyl halides is 3. The monoisotopic (exact) mass is 458 g/mol. The number of carbonyl (C=O) groups is 1. The van der Waals surface area contributed by atoms with Crippen LogP contribution in [0.1, 0.15) is 28.9 Å². The molecule has 0 aliphatic heterocycles. The van der Waals surface area contributed by atoms with Crippen LogP contribution in [0, 0.1) is 0 Å². The molecule has 0 unspecified atom stereocenters. The second kappa shape index (κ2) is 9.15. The lowest BCUT2D eigenvalue weighted by Crippen LogP contribution is -2.08. The molecular formula is C22H17F3N4O4. The normalized spacial score (nSPS) is 11.4. The Bertz CT molecular complexity index is 1230. The highest BCUT2D eigenvalue weighted by Gasteiger charge is 2.30. The van der Waals surface area contributed by atoms with Gasteiger partial charge in [0.25, 0.3) is 5.89 Å². The van der Waals surface area contributed by atoms with Crippen molar-refractivity contribution in [1.82, 2.24) is 19.9 Å². The molecule has 170 valence electrons. The summed E-state index contributed by atoms with van der Waals surface area (Å²) >= 11 is 0. The standard InChI is InChI=1S/C22H17F3N4O4/c1-2-31-21(30)19-17(12-29(27-19)16-6-4-3-5-7-16)32-13-18-26-20(28-33-18)14-8-10-15(11-9-14)22(23,24)25/h3-12H,2,13H2,1H3. The SMILES string of the molecule is CCOC(=O)c1nn(-c2ccccc2)cc1OCc1nc(-c2ccc(C(F)(F)F)cc2)no1. The molecule has 0 radical (unpaired) electrons. The number of hydrogen-bond acceptors (Lipinski definition) is 7. The molecule has 33 heavy (non-hydrogen) atoms. The smallest absolute Gasteiger partial charge is 0.416 e. The highest BCUT2D eigenvalue weighted by Crippen LogP contribution is 2.30. The van der Waals surface area contributed by atoms with Crippen LogP contribution in [-0.4, -0.2) is 32.5 Å². The highest BCUT2D eigenvalue weighted by molar-refractivity contribution is 5.90. The van der Waals surface area contributed by atoms with Crippen molar-refractivity contribution in [3.05, 3.63) is 77.9 Å². The number of esters is 1. The van der Waals surface area contributed by atoms with E-state index in [0.717, 1.165) is 12.1 Å². The zero-order valence-electron chi connectivity index (χ0n) is 17.2. The third-order valence-electron chi connectivity index (χ3n) is 4.46. The minimum absolute atomic E-state index is 0.0248. The van der Waals surface area contributed by atoms with E-state index in [-0.39, 0.29) is 36.4 Å². The molecule has 0 saturated carbocycles. The van der Waals surface area contributed by atoms with Gasteiger partial charge in [-0.15, -0.1) is 0 Å². The van der Waals surface area contributed by atoms with Gasteiger partial charge in [-0.1, -0.05) is 35.5 Å². The van der Waals surface area contributed by atoms with Crippen molar-refractivity contribution in [1.29, 1.82) is 0 Å². The van der Waals surface area contributed by atoms with Crippen LogP contribution in [-0.2, 0) is 17.5 Å². The van der Waals surface area contributed by atoms with Crippen LogP contribution >= 0.6 is 0 Å². The summed E-state index contributed by atoms with van der Waals surface area (Å²) in [6.45, 7) is 1.64. The third kappa shape index (κ3) is 5.03. The quantitative estimate of drug-likeness (QED) is 0.371. The van der Waals surface area contributed by atoms with Crippen molar-refractivity contribution in [2.45, 2.75) is 19.7 Å². The molecular weight excluding hydrogens is 441 g/mol. The topological polar surface area (TPSA) is 92.3 Å². The molecule has 8 nitrogen and oxygen atoms in total. The zero-order chi connectivity index (χ0) is 23.4. The molecule has 0 amide bonds. The lowest BCUT2D eigenvalue weighted by atomic mass is 10.1. The first-order valence-corrected chi connectivity index (χ1v) is 9.80. The Kier molecular flexibility index (Phi) is 6.11. The number of ether oxygens (including phenoxy) is 2. The van der Waals surface area contributed by atoms with Crippen molar-refractivity contribution < 1.29 is 32.0 Å². The first-order valence-electron chi connectivity index (χ1n) is 9.80. The van der Waals surface area contributed by atoms with Gasteiger partial charge in [-0.25, -0.2) is 9.48 Å². The average molecular weight is 458 g/mol. The lowest BCUT2D eigenvalue weighted by molar-refractivity contribution is -0.137. The van der Waals surface area contributed by atoms with Gasteiger partial charge >= 0.3 is 12.1 Å². The Morgan fingerprint density at radius 3 is 2.48 bits per heavy atom. The fraction of sp³-hybridized carbons (Fsp3) is 0.182. The second-order valence-corrected chi connectivity index (χ2v) is 6.72. The molecule has 0 atom stereocenters. The van der Waals surface area contributed by atoms with E-state index in [1.165, 1.54) is 23.0 Å². The zero-order valence-corrected chi connectivity index (χ0v) is 17.2. The molecule has 0 aliphatic rings. The van der Waals surface area contributed by atoms with Crippen molar-refractivity contribution in [3.8, 4) is 22.8 Å². The van der Waals surface area contributed by atoms with Gasteiger partial charge in [-0.05, 0) is 31.2 Å². The van der Waals surface area contributed by atoms with Crippen LogP contribution in [0.5, 0.6) is 5.75 Å². The Morgan fingerprint density at radius 1 is 1.09 bits per heavy atom. The Labute approximate surface area is 185 Å². The van der Waals surface area contributed by atoms with Crippen LogP contribution in [0.15, 0.2) is 65.3 Å². The summed E-state index contributed by atoms with van der Waals surface area (Å²) in [4.78, 5) is 16.4. The van der Waals surface area contributed by atoms with Crippen LogP contribution in [0.4, 0.5) is 13.2 Å². The first-order chi connectivity index (χ1) is 15.8. The maximum Gasteiger partial charge on any atom is 0.416 e. The van der Waals surface area contributed by atoms with E-state index in [1.807, 2.05) is 18.2 Å². The average Bonchev–Trinajstić information content (AvgIpc) is 3.45. The Balaban J connectivity index is 1.51. The summed E-state index contributed by atoms with van der Waals surface area (Å²) in [5.74, 6) is -0.343. The predicted molar refractivity (Wildman–Crippen MR) is 109 cm³/mol. The number of para-hydroxylation sites is 1. The van der Waals surface area contributed by atoms with Gasteiger partial charge in [0.15, 0.2) is 12.4 Å². The molecule has 2 aromatic heterocycles. The third-order valence-corrected chi connectivity index (χ3v) is 4.46. The summed E-state index contributed by atoms with van der Waals surface area (Å²) in [5, 5.41) is 8.02. The molecule has 0 saturated heterocycles. The summed E-state index contributed by atoms with van der Waals surface area (Å²) in [5.41, 5.74) is 0.255. The molecule has 0 fully saturated rings. The highest BCUT2D eigenvalue weighted by atomic mass is 19.4. The van der Waals surface area contributed by atoms with Gasteiger partial charge in [0.05, 0.1) is 24.1 Å². The van der Waals surface area contributed by atoms with E-state index < -0.39 is 17.7 Å². The van der Waals surface area contributed by atoms with Crippen LogP contribution in [0.25, 0.3) is 17.1 Å². The van der Waals surface area contributed by atoms with Crippen molar-refractivity contribution >= 4 is 5.97 Å². The summed E-state index contributed by atoms with van der Waals surface area (Å²) < 4.78 is 55.5. The molecule has 0 aliphatic carbocycles. The summed E-state index contributed by atoms with van der Waals surface area (Å²) in [6.07, 6.45) is -2.91. The van der Waals surface area contributed by atoms with Gasteiger partial charge in [0, 0.05) is 5.56 Å². The molecule has 4 rings (SSSR count). The van der Waals surface area contributed by atoms with E-state index in [0.29, 0.717) is 11.3 Å². The van der Waals surface area contributed by atoms with Gasteiger partial charge in [-0.3, -0.25) is 0 Å². The molecule has 0 spiro atoms. The number of rotatable bonds is 7. The maximum absolute atomic E-state index is 12.7. The predicted octanol–water partition coefficient (Wildman–Crippen LogP) is 4.70. The fourth-order valence-corrected chi connectivity index (χ4v) is 2.90. The molecule has 4 aromatic rings. The molecule has 0 bridgehead atoms. The summed E-state index contributed by atoms with van der Waals surface area (Å²) in [6, 6.07) is 13.5. The van der Waals surface area contributed by atoms with Crippen molar-refractivity contribution in [3.63, 3.8) is 0 Å². The van der Waals surface area contributed by atoms with Gasteiger partial charge < -0.3 is 14.0 Å². The molecule has 2 aromatic carbocycles. The molecule has 11 heteroatoms. The van der Waals surface area contributed by atoms with Crippen LogP contribution in [0.2, 0.25) is 0 Å². The number of halogens is 3. The van der Waals surface area contributed by atoms with E-state index >= 15 is 0 Å². The van der Waals surface area contributed by atoms with Gasteiger partial charge in [0.2, 0.25) is 11.5 Å². The lowest BCUT2D eigenvalue weighted by Gasteiger charge is -2.05. The minimum Gasteiger partial charge on any atom is -0.479 e. The number of hydrogen-bond donors (Lipinski definition) is 0. The summed E-state index contributed by atoms with van der Waals surface area (Å²) in [7, 11) is 0. The Morgan fingerprint density at radius 2 is 1.82 bits per heavy atom. The number of aromatic nitrogens is 4. The van der Waals surface area contributed by atoms with E-state index in [9.17, 15) is 18.0 Å². The van der Waals surface area contributed by atoms with E-state index in [1.54, 1.807) is 19.1 Å². The maximum atomic E-state index is 12.7. The van der Waals surface area contributed by atoms with Crippen LogP contribution < -0.4 is 4.74 Å². The van der Waals surface area contributed by atoms with Crippen molar-refractivity contribution in [2.75, 3.05) is 6.61 Å². The van der Waals surface area contributed by atoms with Crippen molar-refractivity contribution in [2.24, 2.45) is 0 Å². The first kappa shape index (κ1) is 22.1. The van der Waals surface area contributed by atoms with Crippen LogP contribution in [0.3, 0.4) is 0 Å². The molecule has 2 heterocycles. The molecule has 0 N–H and O–H groups in total.